The SMILES string of the molecule is COc1ccc(CCCC(=O)N/N=C\c2cccc([N+](=O)[O-])c2)c(C)c1. The van der Waals surface area contributed by atoms with E-state index in [-0.39, 0.29) is 11.6 Å². The average molecular weight is 355 g/mol. The summed E-state index contributed by atoms with van der Waals surface area (Å²) in [5.41, 5.74) is 5.28. The van der Waals surface area contributed by atoms with Gasteiger partial charge in [-0.1, -0.05) is 18.2 Å². The van der Waals surface area contributed by atoms with E-state index in [1.807, 2.05) is 25.1 Å². The summed E-state index contributed by atoms with van der Waals surface area (Å²) < 4.78 is 5.18. The van der Waals surface area contributed by atoms with Gasteiger partial charge in [0, 0.05) is 24.1 Å². The van der Waals surface area contributed by atoms with Gasteiger partial charge in [0.05, 0.1) is 18.2 Å². The van der Waals surface area contributed by atoms with Crippen molar-refractivity contribution in [3.8, 4) is 5.75 Å². The molecule has 0 unspecified atom stereocenters. The first kappa shape index (κ1) is 19.1. The monoisotopic (exact) mass is 355 g/mol. The Hall–Kier alpha value is -3.22. The van der Waals surface area contributed by atoms with E-state index >= 15 is 0 Å². The van der Waals surface area contributed by atoms with Crippen molar-refractivity contribution in [3.05, 3.63) is 69.3 Å². The van der Waals surface area contributed by atoms with Gasteiger partial charge in [-0.25, -0.2) is 5.43 Å². The number of methoxy groups -OCH3 is 1. The maximum atomic E-state index is 11.8. The molecule has 26 heavy (non-hydrogen) atoms. The Labute approximate surface area is 151 Å². The number of carbonyl (C=O) groups excluding carboxylic acids is 1. The highest BCUT2D eigenvalue weighted by molar-refractivity contribution is 5.83. The molecule has 1 N–H and O–H groups in total. The van der Waals surface area contributed by atoms with Crippen LogP contribution in [0.4, 0.5) is 5.69 Å². The van der Waals surface area contributed by atoms with Crippen LogP contribution in [-0.2, 0) is 11.2 Å². The van der Waals surface area contributed by atoms with Gasteiger partial charge >= 0.3 is 0 Å². The normalized spacial score (nSPS) is 10.7. The summed E-state index contributed by atoms with van der Waals surface area (Å²) >= 11 is 0. The first-order valence-corrected chi connectivity index (χ1v) is 8.19. The number of ether oxygens (including phenoxy) is 1. The number of amides is 1. The number of nitro benzene ring substituents is 1. The minimum absolute atomic E-state index is 0.0184. The largest absolute Gasteiger partial charge is 0.497 e. The van der Waals surface area contributed by atoms with Crippen LogP contribution in [0.15, 0.2) is 47.6 Å². The number of hydrogen-bond donors (Lipinski definition) is 1. The Morgan fingerprint density at radius 2 is 2.12 bits per heavy atom. The Kier molecular flexibility index (Phi) is 6.84. The predicted molar refractivity (Wildman–Crippen MR) is 99.5 cm³/mol. The van der Waals surface area contributed by atoms with Crippen molar-refractivity contribution in [1.82, 2.24) is 5.43 Å². The molecule has 2 rings (SSSR count). The fourth-order valence-electron chi connectivity index (χ4n) is 2.47. The summed E-state index contributed by atoms with van der Waals surface area (Å²) in [5.74, 6) is 0.623. The molecule has 7 nitrogen and oxygen atoms in total. The summed E-state index contributed by atoms with van der Waals surface area (Å²) in [6.07, 6.45) is 3.22. The number of non-ortho nitro benzene ring substituents is 1. The van der Waals surface area contributed by atoms with Crippen molar-refractivity contribution < 1.29 is 14.5 Å². The van der Waals surface area contributed by atoms with Crippen molar-refractivity contribution in [2.45, 2.75) is 26.2 Å². The fourth-order valence-corrected chi connectivity index (χ4v) is 2.47. The topological polar surface area (TPSA) is 93.8 Å². The van der Waals surface area contributed by atoms with Crippen LogP contribution in [0.2, 0.25) is 0 Å². The number of nitrogens with one attached hydrogen (secondary N) is 1. The van der Waals surface area contributed by atoms with E-state index in [2.05, 4.69) is 10.5 Å². The fraction of sp³-hybridized carbons (Fsp3) is 0.263. The number of hydrazone groups is 1. The summed E-state index contributed by atoms with van der Waals surface area (Å²) in [4.78, 5) is 22.1. The van der Waals surface area contributed by atoms with Gasteiger partial charge in [0.15, 0.2) is 0 Å². The molecule has 0 spiro atoms. The third kappa shape index (κ3) is 5.70. The second-order valence-electron chi connectivity index (χ2n) is 5.79. The lowest BCUT2D eigenvalue weighted by molar-refractivity contribution is -0.384. The van der Waals surface area contributed by atoms with E-state index < -0.39 is 4.92 Å². The summed E-state index contributed by atoms with van der Waals surface area (Å²) in [6.45, 7) is 2.02. The number of rotatable bonds is 8. The molecule has 0 heterocycles. The van der Waals surface area contributed by atoms with Gasteiger partial charge in [0.2, 0.25) is 5.91 Å². The van der Waals surface area contributed by atoms with Crippen LogP contribution in [0.25, 0.3) is 0 Å². The van der Waals surface area contributed by atoms with E-state index in [0.29, 0.717) is 18.4 Å². The molecule has 136 valence electrons. The molecule has 0 saturated carbocycles. The minimum Gasteiger partial charge on any atom is -0.497 e. The van der Waals surface area contributed by atoms with Crippen LogP contribution in [-0.4, -0.2) is 24.2 Å². The quantitative estimate of drug-likeness (QED) is 0.446. The highest BCUT2D eigenvalue weighted by Gasteiger charge is 2.05. The number of benzene rings is 2. The molecule has 0 radical (unpaired) electrons. The second kappa shape index (κ2) is 9.31. The highest BCUT2D eigenvalue weighted by atomic mass is 16.6. The lowest BCUT2D eigenvalue weighted by Crippen LogP contribution is -2.17. The second-order valence-corrected chi connectivity index (χ2v) is 5.79. The highest BCUT2D eigenvalue weighted by Crippen LogP contribution is 2.18. The van der Waals surface area contributed by atoms with E-state index in [0.717, 1.165) is 17.7 Å². The molecule has 0 aromatic heterocycles. The standard InChI is InChI=1S/C19H21N3O4/c1-14-11-18(26-2)10-9-16(14)6-4-8-19(23)21-20-13-15-5-3-7-17(12-15)22(24)25/h3,5,7,9-13H,4,6,8H2,1-2H3,(H,21,23)/b20-13-. The molecule has 0 aliphatic heterocycles. The zero-order valence-electron chi connectivity index (χ0n) is 14.8. The number of hydrogen-bond acceptors (Lipinski definition) is 5. The third-order valence-corrected chi connectivity index (χ3v) is 3.88. The van der Waals surface area contributed by atoms with E-state index in [9.17, 15) is 14.9 Å². The summed E-state index contributed by atoms with van der Waals surface area (Å²) in [6, 6.07) is 11.9. The molecule has 0 atom stereocenters. The zero-order valence-corrected chi connectivity index (χ0v) is 14.8. The van der Waals surface area contributed by atoms with Crippen molar-refractivity contribution >= 4 is 17.8 Å². The number of nitro groups is 1. The smallest absolute Gasteiger partial charge is 0.270 e. The predicted octanol–water partition coefficient (Wildman–Crippen LogP) is 3.38. The van der Waals surface area contributed by atoms with Gasteiger partial charge in [-0.05, 0) is 43.0 Å². The van der Waals surface area contributed by atoms with Crippen molar-refractivity contribution in [2.75, 3.05) is 7.11 Å². The van der Waals surface area contributed by atoms with Gasteiger partial charge < -0.3 is 4.74 Å². The van der Waals surface area contributed by atoms with Gasteiger partial charge in [-0.3, -0.25) is 14.9 Å². The molecular formula is C19H21N3O4. The minimum atomic E-state index is -0.475. The van der Waals surface area contributed by atoms with Crippen LogP contribution < -0.4 is 10.2 Å². The van der Waals surface area contributed by atoms with Crippen LogP contribution in [0, 0.1) is 17.0 Å². The summed E-state index contributed by atoms with van der Waals surface area (Å²) in [7, 11) is 1.63. The van der Waals surface area contributed by atoms with Gasteiger partial charge in [-0.15, -0.1) is 0 Å². The molecule has 0 aliphatic carbocycles. The van der Waals surface area contributed by atoms with Crippen molar-refractivity contribution in [1.29, 1.82) is 0 Å². The van der Waals surface area contributed by atoms with Crippen LogP contribution in [0.3, 0.4) is 0 Å². The average Bonchev–Trinajstić information content (AvgIpc) is 2.63. The zero-order chi connectivity index (χ0) is 18.9. The van der Waals surface area contributed by atoms with E-state index in [1.165, 1.54) is 23.9 Å². The Bertz CT molecular complexity index is 818. The number of nitrogens with zero attached hydrogens (tertiary/aromatic N) is 2. The molecular weight excluding hydrogens is 334 g/mol. The maximum Gasteiger partial charge on any atom is 0.270 e. The maximum absolute atomic E-state index is 11.8. The lowest BCUT2D eigenvalue weighted by atomic mass is 10.0. The molecule has 2 aromatic carbocycles. The van der Waals surface area contributed by atoms with Gasteiger partial charge in [0.1, 0.15) is 5.75 Å². The van der Waals surface area contributed by atoms with Crippen molar-refractivity contribution in [2.24, 2.45) is 5.10 Å². The Balaban J connectivity index is 1.78. The lowest BCUT2D eigenvalue weighted by Gasteiger charge is -2.07. The van der Waals surface area contributed by atoms with Crippen LogP contribution in [0.1, 0.15) is 29.5 Å². The van der Waals surface area contributed by atoms with E-state index in [1.54, 1.807) is 19.2 Å². The van der Waals surface area contributed by atoms with Gasteiger partial charge in [-0.2, -0.15) is 5.10 Å². The van der Waals surface area contributed by atoms with Crippen LogP contribution >= 0.6 is 0 Å². The molecule has 0 saturated heterocycles. The Morgan fingerprint density at radius 3 is 2.81 bits per heavy atom. The summed E-state index contributed by atoms with van der Waals surface area (Å²) in [5, 5.41) is 14.6. The molecule has 2 aromatic rings. The molecule has 7 heteroatoms. The number of aryl methyl sites for hydroxylation is 2. The van der Waals surface area contributed by atoms with E-state index in [4.69, 9.17) is 4.74 Å². The molecule has 0 aliphatic rings. The first-order chi connectivity index (χ1) is 12.5. The van der Waals surface area contributed by atoms with Crippen LogP contribution in [0.5, 0.6) is 5.75 Å². The molecule has 0 bridgehead atoms. The van der Waals surface area contributed by atoms with Crippen molar-refractivity contribution in [3.63, 3.8) is 0 Å². The Morgan fingerprint density at radius 1 is 1.31 bits per heavy atom. The van der Waals surface area contributed by atoms with Gasteiger partial charge in [0.25, 0.3) is 5.69 Å². The third-order valence-electron chi connectivity index (χ3n) is 3.88. The molecule has 1 amide bonds. The number of carbonyl (C=O) groups is 1. The first-order valence-electron chi connectivity index (χ1n) is 8.19. The molecule has 0 fully saturated rings.